The van der Waals surface area contributed by atoms with Gasteiger partial charge in [-0.25, -0.2) is 0 Å². The summed E-state index contributed by atoms with van der Waals surface area (Å²) in [6.45, 7) is 7.86. The highest BCUT2D eigenvalue weighted by Crippen LogP contribution is 2.41. The van der Waals surface area contributed by atoms with Gasteiger partial charge in [0.25, 0.3) is 0 Å². The molecule has 0 aliphatic heterocycles. The minimum absolute atomic E-state index is 0.132. The third-order valence-electron chi connectivity index (χ3n) is 4.05. The van der Waals surface area contributed by atoms with Crippen molar-refractivity contribution in [3.05, 3.63) is 11.8 Å². The molecule has 1 fully saturated rings. The maximum atomic E-state index is 12.4. The lowest BCUT2D eigenvalue weighted by Crippen LogP contribution is -2.32. The smallest absolute Gasteiger partial charge is 0.165 e. The summed E-state index contributed by atoms with van der Waals surface area (Å²) in [4.78, 5) is 12.4. The van der Waals surface area contributed by atoms with Crippen molar-refractivity contribution in [2.75, 3.05) is 0 Å². The van der Waals surface area contributed by atoms with Crippen LogP contribution in [0.15, 0.2) is 11.8 Å². The number of rotatable bonds is 3. The fraction of sp³-hybridized carbons (Fsp3) is 0.800. The van der Waals surface area contributed by atoms with Gasteiger partial charge in [-0.15, -0.1) is 0 Å². The summed E-state index contributed by atoms with van der Waals surface area (Å²) < 4.78 is 0. The van der Waals surface area contributed by atoms with Gasteiger partial charge in [-0.1, -0.05) is 47.0 Å². The minimum atomic E-state index is -0.334. The Bertz CT molecular complexity index is 301. The van der Waals surface area contributed by atoms with E-state index in [0.29, 0.717) is 0 Å². The summed E-state index contributed by atoms with van der Waals surface area (Å²) in [6.07, 6.45) is 7.86. The molecule has 2 heteroatoms. The number of hydrogen-bond donors (Lipinski definition) is 1. The Morgan fingerprint density at radius 3 is 2.18 bits per heavy atom. The van der Waals surface area contributed by atoms with E-state index in [4.69, 9.17) is 0 Å². The van der Waals surface area contributed by atoms with Crippen molar-refractivity contribution >= 4 is 5.78 Å². The maximum Gasteiger partial charge on any atom is 0.165 e. The van der Waals surface area contributed by atoms with Crippen LogP contribution in [0.3, 0.4) is 0 Å². The van der Waals surface area contributed by atoms with Crippen LogP contribution >= 0.6 is 0 Å². The van der Waals surface area contributed by atoms with Crippen LogP contribution in [-0.4, -0.2) is 10.9 Å². The van der Waals surface area contributed by atoms with Crippen LogP contribution in [0.25, 0.3) is 0 Å². The predicted octanol–water partition coefficient (Wildman–Crippen LogP) is 4.40. The lowest BCUT2D eigenvalue weighted by Gasteiger charge is -2.34. The van der Waals surface area contributed by atoms with Gasteiger partial charge < -0.3 is 5.11 Å². The summed E-state index contributed by atoms with van der Waals surface area (Å²) in [7, 11) is 0. The molecule has 98 valence electrons. The van der Waals surface area contributed by atoms with Crippen LogP contribution in [0.5, 0.6) is 0 Å². The normalized spacial score (nSPS) is 21.3. The average Bonchev–Trinajstić information content (AvgIpc) is 2.28. The first-order chi connectivity index (χ1) is 7.82. The summed E-state index contributed by atoms with van der Waals surface area (Å²) in [5, 5.41) is 9.94. The number of carbonyl (C=O) groups excluding carboxylic acids is 1. The highest BCUT2D eigenvalue weighted by molar-refractivity contribution is 5.95. The highest BCUT2D eigenvalue weighted by atomic mass is 16.3. The van der Waals surface area contributed by atoms with E-state index < -0.39 is 0 Å². The van der Waals surface area contributed by atoms with E-state index in [1.807, 2.05) is 20.8 Å². The van der Waals surface area contributed by atoms with Crippen LogP contribution in [0.4, 0.5) is 0 Å². The Labute approximate surface area is 105 Å². The van der Waals surface area contributed by atoms with Crippen molar-refractivity contribution in [3.8, 4) is 0 Å². The second kappa shape index (κ2) is 5.24. The maximum absolute atomic E-state index is 12.4. The van der Waals surface area contributed by atoms with Crippen LogP contribution in [-0.2, 0) is 4.79 Å². The monoisotopic (exact) mass is 238 g/mol. The fourth-order valence-corrected chi connectivity index (χ4v) is 2.50. The van der Waals surface area contributed by atoms with Gasteiger partial charge in [0.05, 0.1) is 0 Å². The summed E-state index contributed by atoms with van der Waals surface area (Å²) in [6, 6.07) is 0. The molecule has 0 bridgehead atoms. The molecule has 17 heavy (non-hydrogen) atoms. The molecule has 1 aliphatic carbocycles. The summed E-state index contributed by atoms with van der Waals surface area (Å²) in [5.74, 6) is 0.341. The second-order valence-electron chi connectivity index (χ2n) is 6.34. The van der Waals surface area contributed by atoms with Gasteiger partial charge in [-0.3, -0.25) is 4.79 Å². The Morgan fingerprint density at radius 1 is 1.24 bits per heavy atom. The number of aliphatic hydroxyl groups excluding tert-OH is 1. The molecular formula is C15H26O2. The average molecular weight is 238 g/mol. The van der Waals surface area contributed by atoms with Crippen LogP contribution in [0.1, 0.15) is 66.2 Å². The third kappa shape index (κ3) is 3.34. The molecule has 1 aliphatic rings. The van der Waals surface area contributed by atoms with Gasteiger partial charge in [0, 0.05) is 16.9 Å². The van der Waals surface area contributed by atoms with Gasteiger partial charge in [-0.05, 0) is 19.3 Å². The zero-order valence-corrected chi connectivity index (χ0v) is 11.7. The van der Waals surface area contributed by atoms with Crippen molar-refractivity contribution in [2.24, 2.45) is 10.8 Å². The van der Waals surface area contributed by atoms with E-state index in [-0.39, 0.29) is 22.4 Å². The molecule has 0 aromatic rings. The zero-order chi connectivity index (χ0) is 13.1. The molecular weight excluding hydrogens is 212 g/mol. The standard InChI is InChI=1S/C15H26O2/c1-5-15(9-7-6-8-10-15)13(17)11-12(16)14(2,3)4/h11,16H,5-10H2,1-4H3/b12-11-. The first-order valence-electron chi connectivity index (χ1n) is 6.77. The second-order valence-corrected chi connectivity index (χ2v) is 6.34. The third-order valence-corrected chi connectivity index (χ3v) is 4.05. The van der Waals surface area contributed by atoms with Crippen molar-refractivity contribution in [1.82, 2.24) is 0 Å². The number of ketones is 1. The molecule has 0 heterocycles. The first kappa shape index (κ1) is 14.3. The van der Waals surface area contributed by atoms with Crippen molar-refractivity contribution in [2.45, 2.75) is 66.2 Å². The van der Waals surface area contributed by atoms with Gasteiger partial charge in [0.2, 0.25) is 0 Å². The van der Waals surface area contributed by atoms with Gasteiger partial charge >= 0.3 is 0 Å². The lowest BCUT2D eigenvalue weighted by molar-refractivity contribution is -0.126. The fourth-order valence-electron chi connectivity index (χ4n) is 2.50. The number of carbonyl (C=O) groups is 1. The van der Waals surface area contributed by atoms with E-state index in [0.717, 1.165) is 32.1 Å². The Hall–Kier alpha value is -0.790. The molecule has 0 aromatic carbocycles. The lowest BCUT2D eigenvalue weighted by atomic mass is 9.69. The number of aliphatic hydroxyl groups is 1. The molecule has 0 spiro atoms. The molecule has 2 nitrogen and oxygen atoms in total. The van der Waals surface area contributed by atoms with Crippen molar-refractivity contribution in [3.63, 3.8) is 0 Å². The summed E-state index contributed by atoms with van der Waals surface area (Å²) in [5.41, 5.74) is -0.531. The van der Waals surface area contributed by atoms with Crippen LogP contribution in [0.2, 0.25) is 0 Å². The van der Waals surface area contributed by atoms with E-state index in [9.17, 15) is 9.90 Å². The molecule has 0 atom stereocenters. The molecule has 0 radical (unpaired) electrons. The van der Waals surface area contributed by atoms with Gasteiger partial charge in [-0.2, -0.15) is 0 Å². The van der Waals surface area contributed by atoms with E-state index in [1.54, 1.807) is 0 Å². The van der Waals surface area contributed by atoms with Gasteiger partial charge in [0.15, 0.2) is 5.78 Å². The summed E-state index contributed by atoms with van der Waals surface area (Å²) >= 11 is 0. The number of allylic oxidation sites excluding steroid dienone is 2. The molecule has 1 saturated carbocycles. The van der Waals surface area contributed by atoms with Crippen molar-refractivity contribution < 1.29 is 9.90 Å². The largest absolute Gasteiger partial charge is 0.512 e. The Balaban J connectivity index is 2.87. The Morgan fingerprint density at radius 2 is 1.76 bits per heavy atom. The van der Waals surface area contributed by atoms with Crippen molar-refractivity contribution in [1.29, 1.82) is 0 Å². The molecule has 0 amide bonds. The van der Waals surface area contributed by atoms with E-state index >= 15 is 0 Å². The first-order valence-corrected chi connectivity index (χ1v) is 6.77. The molecule has 0 saturated heterocycles. The van der Waals surface area contributed by atoms with Crippen LogP contribution < -0.4 is 0 Å². The molecule has 1 rings (SSSR count). The predicted molar refractivity (Wildman–Crippen MR) is 71.0 cm³/mol. The Kier molecular flexibility index (Phi) is 4.40. The SMILES string of the molecule is CCC1(C(=O)/C=C(\O)C(C)(C)C)CCCCC1. The molecule has 1 N–H and O–H groups in total. The highest BCUT2D eigenvalue weighted by Gasteiger charge is 2.36. The zero-order valence-electron chi connectivity index (χ0n) is 11.7. The topological polar surface area (TPSA) is 37.3 Å². The van der Waals surface area contributed by atoms with Crippen LogP contribution in [0, 0.1) is 10.8 Å². The molecule has 0 unspecified atom stereocenters. The minimum Gasteiger partial charge on any atom is -0.512 e. The van der Waals surface area contributed by atoms with E-state index in [1.165, 1.54) is 12.5 Å². The molecule has 0 aromatic heterocycles. The van der Waals surface area contributed by atoms with E-state index in [2.05, 4.69) is 6.92 Å². The quantitative estimate of drug-likeness (QED) is 0.584. The number of hydrogen-bond acceptors (Lipinski definition) is 2. The van der Waals surface area contributed by atoms with Gasteiger partial charge in [0.1, 0.15) is 5.76 Å².